The smallest absolute Gasteiger partial charge is 0.326 e. The number of thioether (sulfide) groups is 1. The van der Waals surface area contributed by atoms with Crippen LogP contribution in [0.1, 0.15) is 28.1 Å². The largest absolute Gasteiger partial charge is 0.497 e. The van der Waals surface area contributed by atoms with E-state index in [1.807, 2.05) is 78.9 Å². The number of fused-ring (bicyclic) bond motifs is 2. The van der Waals surface area contributed by atoms with Gasteiger partial charge in [-0.1, -0.05) is 54.6 Å². The van der Waals surface area contributed by atoms with Crippen LogP contribution in [0, 0.1) is 0 Å². The first-order valence-electron chi connectivity index (χ1n) is 12.6. The number of carbonyl (C=O) groups excluding carboxylic acids is 3. The summed E-state index contributed by atoms with van der Waals surface area (Å²) in [5, 5.41) is 4.47. The standard InChI is InChI=1S/C31H28N2O5S/c1-3-38-27(34)19-33-25-10-6-7-11-26(25)39-29(21-14-16-24(37-2)17-15-21)28(31(33)36)32-30(35)23-13-12-20-8-4-5-9-22(20)18-23/h4-18,28-29H,3,19H2,1-2H3,(H,32,35). The molecule has 8 heteroatoms. The van der Waals surface area contributed by atoms with Crippen molar-refractivity contribution in [1.82, 2.24) is 5.32 Å². The Bertz CT molecular complexity index is 1520. The van der Waals surface area contributed by atoms with Crippen molar-refractivity contribution >= 4 is 46.0 Å². The van der Waals surface area contributed by atoms with Crippen LogP contribution >= 0.6 is 11.8 Å². The summed E-state index contributed by atoms with van der Waals surface area (Å²) in [4.78, 5) is 42.6. The molecule has 0 saturated heterocycles. The molecule has 0 spiro atoms. The first-order valence-corrected chi connectivity index (χ1v) is 13.5. The zero-order chi connectivity index (χ0) is 27.4. The molecule has 5 rings (SSSR count). The third-order valence-electron chi connectivity index (χ3n) is 6.58. The van der Waals surface area contributed by atoms with Crippen LogP contribution in [-0.4, -0.2) is 44.1 Å². The van der Waals surface area contributed by atoms with Crippen LogP contribution in [0.2, 0.25) is 0 Å². The highest BCUT2D eigenvalue weighted by atomic mass is 32.2. The fourth-order valence-corrected chi connectivity index (χ4v) is 5.99. The van der Waals surface area contributed by atoms with Crippen LogP contribution in [-0.2, 0) is 14.3 Å². The number of ether oxygens (including phenoxy) is 2. The van der Waals surface area contributed by atoms with Crippen molar-refractivity contribution in [2.45, 2.75) is 23.1 Å². The highest BCUT2D eigenvalue weighted by Crippen LogP contribution is 2.46. The van der Waals surface area contributed by atoms with E-state index in [1.165, 1.54) is 16.7 Å². The van der Waals surface area contributed by atoms with Gasteiger partial charge >= 0.3 is 5.97 Å². The van der Waals surface area contributed by atoms with Gasteiger partial charge < -0.3 is 14.8 Å². The molecule has 0 radical (unpaired) electrons. The number of anilines is 1. The number of carbonyl (C=O) groups is 3. The Morgan fingerprint density at radius 2 is 1.64 bits per heavy atom. The van der Waals surface area contributed by atoms with Crippen molar-refractivity contribution < 1.29 is 23.9 Å². The van der Waals surface area contributed by atoms with E-state index in [2.05, 4.69) is 5.32 Å². The molecule has 4 aromatic carbocycles. The number of amides is 2. The second-order valence-corrected chi connectivity index (χ2v) is 10.2. The number of nitrogens with one attached hydrogen (secondary N) is 1. The number of rotatable bonds is 7. The lowest BCUT2D eigenvalue weighted by Crippen LogP contribution is -2.51. The Morgan fingerprint density at radius 1 is 0.923 bits per heavy atom. The lowest BCUT2D eigenvalue weighted by atomic mass is 10.0. The Kier molecular flexibility index (Phi) is 7.84. The second-order valence-electron chi connectivity index (χ2n) is 9.02. The molecule has 2 atom stereocenters. The second kappa shape index (κ2) is 11.6. The molecule has 1 aliphatic heterocycles. The van der Waals surface area contributed by atoms with Crippen molar-refractivity contribution in [2.24, 2.45) is 0 Å². The van der Waals surface area contributed by atoms with E-state index < -0.39 is 23.2 Å². The molecule has 198 valence electrons. The van der Waals surface area contributed by atoms with Gasteiger partial charge in [0.1, 0.15) is 18.3 Å². The maximum atomic E-state index is 14.2. The van der Waals surface area contributed by atoms with Gasteiger partial charge in [-0.25, -0.2) is 0 Å². The summed E-state index contributed by atoms with van der Waals surface area (Å²) in [6, 6.07) is 27.1. The van der Waals surface area contributed by atoms with Gasteiger partial charge in [0.25, 0.3) is 11.8 Å². The topological polar surface area (TPSA) is 84.9 Å². The quantitative estimate of drug-likeness (QED) is 0.317. The van der Waals surface area contributed by atoms with Crippen LogP contribution in [0.5, 0.6) is 5.75 Å². The molecule has 0 saturated carbocycles. The van der Waals surface area contributed by atoms with Gasteiger partial charge in [0.15, 0.2) is 0 Å². The normalized spacial score (nSPS) is 16.8. The molecule has 1 aliphatic rings. The van der Waals surface area contributed by atoms with Gasteiger partial charge in [-0.3, -0.25) is 19.3 Å². The van der Waals surface area contributed by atoms with E-state index in [0.29, 0.717) is 17.0 Å². The molecule has 4 aromatic rings. The van der Waals surface area contributed by atoms with Crippen molar-refractivity contribution in [1.29, 1.82) is 0 Å². The van der Waals surface area contributed by atoms with Crippen LogP contribution in [0.3, 0.4) is 0 Å². The van der Waals surface area contributed by atoms with Gasteiger partial charge in [-0.05, 0) is 59.7 Å². The summed E-state index contributed by atoms with van der Waals surface area (Å²) < 4.78 is 10.5. The number of nitrogens with zero attached hydrogens (tertiary/aromatic N) is 1. The zero-order valence-electron chi connectivity index (χ0n) is 21.6. The van der Waals surface area contributed by atoms with E-state index in [-0.39, 0.29) is 19.1 Å². The molecule has 39 heavy (non-hydrogen) atoms. The molecule has 1 N–H and O–H groups in total. The van der Waals surface area contributed by atoms with E-state index in [1.54, 1.807) is 26.2 Å². The van der Waals surface area contributed by atoms with E-state index in [4.69, 9.17) is 9.47 Å². The molecule has 2 amide bonds. The van der Waals surface area contributed by atoms with E-state index in [9.17, 15) is 14.4 Å². The maximum absolute atomic E-state index is 14.2. The molecular formula is C31H28N2O5S. The molecule has 2 unspecified atom stereocenters. The third kappa shape index (κ3) is 5.61. The number of esters is 1. The molecule has 0 bridgehead atoms. The Labute approximate surface area is 231 Å². The average Bonchev–Trinajstić information content (AvgIpc) is 3.07. The highest BCUT2D eigenvalue weighted by Gasteiger charge is 2.40. The fourth-order valence-electron chi connectivity index (χ4n) is 4.65. The first kappa shape index (κ1) is 26.3. The van der Waals surface area contributed by atoms with Crippen molar-refractivity contribution in [2.75, 3.05) is 25.2 Å². The average molecular weight is 541 g/mol. The van der Waals surface area contributed by atoms with Crippen LogP contribution < -0.4 is 15.0 Å². The summed E-state index contributed by atoms with van der Waals surface area (Å²) in [6.07, 6.45) is 0. The summed E-state index contributed by atoms with van der Waals surface area (Å²) in [7, 11) is 1.59. The molecule has 0 fully saturated rings. The summed E-state index contributed by atoms with van der Waals surface area (Å²) in [5.41, 5.74) is 1.88. The first-order chi connectivity index (χ1) is 19.0. The van der Waals surface area contributed by atoms with Crippen molar-refractivity contribution in [3.05, 3.63) is 102 Å². The fraction of sp³-hybridized carbons (Fsp3) is 0.194. The summed E-state index contributed by atoms with van der Waals surface area (Å²) >= 11 is 1.47. The predicted molar refractivity (Wildman–Crippen MR) is 152 cm³/mol. The zero-order valence-corrected chi connectivity index (χ0v) is 22.4. The van der Waals surface area contributed by atoms with E-state index >= 15 is 0 Å². The third-order valence-corrected chi connectivity index (χ3v) is 7.98. The Hall–Kier alpha value is -4.30. The molecule has 7 nitrogen and oxygen atoms in total. The van der Waals surface area contributed by atoms with Gasteiger partial charge in [0, 0.05) is 10.5 Å². The summed E-state index contributed by atoms with van der Waals surface area (Å²) in [6.45, 7) is 1.66. The minimum Gasteiger partial charge on any atom is -0.497 e. The minimum absolute atomic E-state index is 0.202. The monoisotopic (exact) mass is 540 g/mol. The summed E-state index contributed by atoms with van der Waals surface area (Å²) in [5.74, 6) is -0.603. The van der Waals surface area contributed by atoms with Crippen LogP contribution in [0.15, 0.2) is 95.9 Å². The number of hydrogen-bond donors (Lipinski definition) is 1. The minimum atomic E-state index is -0.968. The number of hydrogen-bond acceptors (Lipinski definition) is 6. The van der Waals surface area contributed by atoms with Gasteiger partial charge in [0.05, 0.1) is 24.7 Å². The number of methoxy groups -OCH3 is 1. The Morgan fingerprint density at radius 3 is 2.38 bits per heavy atom. The molecule has 0 aromatic heterocycles. The van der Waals surface area contributed by atoms with Gasteiger partial charge in [-0.2, -0.15) is 0 Å². The van der Waals surface area contributed by atoms with E-state index in [0.717, 1.165) is 21.2 Å². The SMILES string of the molecule is CCOC(=O)CN1C(=O)C(NC(=O)c2ccc3ccccc3c2)C(c2ccc(OC)cc2)Sc2ccccc21. The Balaban J connectivity index is 1.56. The number of benzene rings is 4. The molecular weight excluding hydrogens is 512 g/mol. The lowest BCUT2D eigenvalue weighted by molar-refractivity contribution is -0.142. The van der Waals surface area contributed by atoms with Crippen molar-refractivity contribution in [3.8, 4) is 5.75 Å². The van der Waals surface area contributed by atoms with Crippen LogP contribution in [0.25, 0.3) is 10.8 Å². The van der Waals surface area contributed by atoms with Crippen LogP contribution in [0.4, 0.5) is 5.69 Å². The number of para-hydroxylation sites is 1. The lowest BCUT2D eigenvalue weighted by Gasteiger charge is -2.28. The maximum Gasteiger partial charge on any atom is 0.326 e. The predicted octanol–water partition coefficient (Wildman–Crippen LogP) is 5.39. The van der Waals surface area contributed by atoms with Crippen molar-refractivity contribution in [3.63, 3.8) is 0 Å². The van der Waals surface area contributed by atoms with Gasteiger partial charge in [-0.15, -0.1) is 11.8 Å². The van der Waals surface area contributed by atoms with Gasteiger partial charge in [0.2, 0.25) is 0 Å². The molecule has 1 heterocycles. The molecule has 0 aliphatic carbocycles. The highest BCUT2D eigenvalue weighted by molar-refractivity contribution is 7.99.